The molecule has 0 fully saturated rings. The lowest BCUT2D eigenvalue weighted by atomic mass is 9.60. The molecule has 22 radical (unpaired) electrons. The van der Waals surface area contributed by atoms with Gasteiger partial charge in [-0.1, -0.05) is 141 Å². The first-order valence-corrected chi connectivity index (χ1v) is 19.5. The minimum Gasteiger partial charge on any atom is -0.208 e. The van der Waals surface area contributed by atoms with E-state index in [1.54, 1.807) is 0 Å². The number of fused-ring (bicyclic) bond motifs is 3. The van der Waals surface area contributed by atoms with Crippen LogP contribution in [0.4, 0.5) is 0 Å². The Balaban J connectivity index is 1.32. The molecule has 3 nitrogen and oxygen atoms in total. The second-order valence-corrected chi connectivity index (χ2v) is 15.4. The molecule has 9 aromatic rings. The number of aromatic nitrogens is 3. The monoisotopic (exact) mass is 753 g/mol. The van der Waals surface area contributed by atoms with Crippen LogP contribution in [0, 0.1) is 0 Å². The van der Waals surface area contributed by atoms with Crippen LogP contribution in [-0.2, 0) is 0 Å². The number of rotatable bonds is 6. The third-order valence-electron chi connectivity index (χ3n) is 10.9. The first-order chi connectivity index (χ1) is 28.8. The second-order valence-electron chi connectivity index (χ2n) is 14.4. The van der Waals surface area contributed by atoms with Crippen LogP contribution in [0.5, 0.6) is 0 Å². The van der Waals surface area contributed by atoms with E-state index in [1.165, 1.54) is 11.3 Å². The van der Waals surface area contributed by atoms with Crippen molar-refractivity contribution in [2.45, 2.75) is 0 Å². The van der Waals surface area contributed by atoms with E-state index in [2.05, 4.69) is 0 Å². The summed E-state index contributed by atoms with van der Waals surface area (Å²) in [6.45, 7) is 0. The largest absolute Gasteiger partial charge is 0.208 e. The predicted molar refractivity (Wildman–Crippen MR) is 265 cm³/mol. The van der Waals surface area contributed by atoms with Gasteiger partial charge in [0.1, 0.15) is 86.3 Å². The second kappa shape index (κ2) is 15.5. The molecular formula is C45H18B11N3S. The Bertz CT molecular complexity index is 3210. The SMILES string of the molecule is [B]c1c([B])c(-c2nc(-c3ccc(-c4ccccc4)cc3)nc(-c3cccc(-c4ccccc4)c3)n2)c([B])c(-c2c([B])c([B])c([B])c3c2sc2c([B])c([B])c([B])c([B])c23)c1[B]. The lowest BCUT2D eigenvalue weighted by Gasteiger charge is -2.25. The van der Waals surface area contributed by atoms with Crippen LogP contribution in [0.1, 0.15) is 0 Å². The van der Waals surface area contributed by atoms with Crippen molar-refractivity contribution < 1.29 is 0 Å². The molecule has 0 N–H and O–H groups in total. The lowest BCUT2D eigenvalue weighted by molar-refractivity contribution is 1.08. The van der Waals surface area contributed by atoms with Crippen molar-refractivity contribution in [3.8, 4) is 67.5 Å². The highest BCUT2D eigenvalue weighted by molar-refractivity contribution is 7.28. The summed E-state index contributed by atoms with van der Waals surface area (Å²) in [6, 6.07) is 35.9. The summed E-state index contributed by atoms with van der Waals surface area (Å²) >= 11 is 1.23. The van der Waals surface area contributed by atoms with E-state index >= 15 is 0 Å². The summed E-state index contributed by atoms with van der Waals surface area (Å²) in [5.74, 6) is 0.860. The summed E-state index contributed by atoms with van der Waals surface area (Å²) in [5.41, 5.74) is 7.45. The van der Waals surface area contributed by atoms with Gasteiger partial charge in [0.15, 0.2) is 17.5 Å². The van der Waals surface area contributed by atoms with Gasteiger partial charge in [-0.3, -0.25) is 0 Å². The van der Waals surface area contributed by atoms with Crippen LogP contribution < -0.4 is 60.1 Å². The Morgan fingerprint density at radius 1 is 0.283 bits per heavy atom. The van der Waals surface area contributed by atoms with E-state index in [4.69, 9.17) is 101 Å². The Kier molecular flexibility index (Phi) is 10.3. The van der Waals surface area contributed by atoms with E-state index in [0.717, 1.165) is 33.4 Å². The Hall–Kier alpha value is -5.52. The van der Waals surface area contributed by atoms with Crippen molar-refractivity contribution in [1.29, 1.82) is 0 Å². The number of hydrogen-bond donors (Lipinski definition) is 0. The molecule has 0 spiro atoms. The quantitative estimate of drug-likeness (QED) is 0.205. The van der Waals surface area contributed by atoms with Crippen LogP contribution in [0.2, 0.25) is 0 Å². The van der Waals surface area contributed by atoms with Crippen molar-refractivity contribution >= 4 is 178 Å². The van der Waals surface area contributed by atoms with Gasteiger partial charge in [-0.2, -0.15) is 0 Å². The van der Waals surface area contributed by atoms with Crippen molar-refractivity contribution in [3.05, 3.63) is 109 Å². The maximum absolute atomic E-state index is 7.20. The zero-order chi connectivity index (χ0) is 42.1. The first kappa shape index (κ1) is 39.9. The Labute approximate surface area is 367 Å². The molecule has 2 aromatic heterocycles. The van der Waals surface area contributed by atoms with Gasteiger partial charge < -0.3 is 0 Å². The van der Waals surface area contributed by atoms with Gasteiger partial charge in [0.25, 0.3) is 0 Å². The fourth-order valence-corrected chi connectivity index (χ4v) is 9.01. The van der Waals surface area contributed by atoms with E-state index in [0.29, 0.717) is 37.4 Å². The molecule has 7 aromatic carbocycles. The molecule has 9 rings (SSSR count). The van der Waals surface area contributed by atoms with E-state index in [-0.39, 0.29) is 77.0 Å². The molecule has 0 unspecified atom stereocenters. The molecule has 2 heterocycles. The molecular weight excluding hydrogens is 734 g/mol. The normalized spacial score (nSPS) is 11.4. The molecule has 0 atom stereocenters. The topological polar surface area (TPSA) is 38.7 Å². The van der Waals surface area contributed by atoms with Gasteiger partial charge in [-0.15, -0.1) is 33.2 Å². The van der Waals surface area contributed by atoms with Crippen LogP contribution >= 0.6 is 11.3 Å². The van der Waals surface area contributed by atoms with E-state index in [9.17, 15) is 0 Å². The summed E-state index contributed by atoms with van der Waals surface area (Å²) in [4.78, 5) is 15.0. The molecule has 252 valence electrons. The fraction of sp³-hybridized carbons (Fsp3) is 0. The summed E-state index contributed by atoms with van der Waals surface area (Å²) in [5, 5.41) is 0.915. The van der Waals surface area contributed by atoms with Crippen LogP contribution in [-0.4, -0.2) is 101 Å². The summed E-state index contributed by atoms with van der Waals surface area (Å²) < 4.78 is 1.04. The van der Waals surface area contributed by atoms with Crippen molar-refractivity contribution in [2.75, 3.05) is 0 Å². The highest BCUT2D eigenvalue weighted by Crippen LogP contribution is 2.36. The zero-order valence-electron chi connectivity index (χ0n) is 32.0. The third-order valence-corrected chi connectivity index (χ3v) is 12.1. The van der Waals surface area contributed by atoms with Gasteiger partial charge in [0.2, 0.25) is 0 Å². The molecule has 0 aliphatic heterocycles. The number of thiophene rings is 1. The van der Waals surface area contributed by atoms with Crippen LogP contribution in [0.25, 0.3) is 87.7 Å². The van der Waals surface area contributed by atoms with Gasteiger partial charge in [-0.25, -0.2) is 15.0 Å². The van der Waals surface area contributed by atoms with Crippen molar-refractivity contribution in [1.82, 2.24) is 15.0 Å². The highest BCUT2D eigenvalue weighted by atomic mass is 32.1. The van der Waals surface area contributed by atoms with Gasteiger partial charge in [0.05, 0.1) is 0 Å². The van der Waals surface area contributed by atoms with Crippen molar-refractivity contribution in [3.63, 3.8) is 0 Å². The number of benzene rings is 7. The average Bonchev–Trinajstić information content (AvgIpc) is 3.69. The maximum Gasteiger partial charge on any atom is 0.164 e. The molecule has 60 heavy (non-hydrogen) atoms. The number of hydrogen-bond acceptors (Lipinski definition) is 4. The molecule has 0 aliphatic carbocycles. The summed E-state index contributed by atoms with van der Waals surface area (Å²) in [7, 11) is 73.4. The minimum atomic E-state index is 0.0209. The van der Waals surface area contributed by atoms with Crippen LogP contribution in [0.3, 0.4) is 0 Å². The first-order valence-electron chi connectivity index (χ1n) is 18.6. The Morgan fingerprint density at radius 2 is 0.700 bits per heavy atom. The molecule has 0 saturated carbocycles. The van der Waals surface area contributed by atoms with Crippen LogP contribution in [0.15, 0.2) is 109 Å². The third kappa shape index (κ3) is 6.48. The molecule has 0 amide bonds. The number of nitrogens with zero attached hydrogens (tertiary/aromatic N) is 3. The molecule has 0 aliphatic rings. The summed E-state index contributed by atoms with van der Waals surface area (Å²) in [6.07, 6.45) is 0. The van der Waals surface area contributed by atoms with Crippen molar-refractivity contribution in [2.24, 2.45) is 0 Å². The standard InChI is InChI=1S/C45H18B11N3S/c46-30-25(26-32(48)37(53)33(49)27-28-34(50)38(54)39(55)40(56)42(28)60-41(26)27)31(47)36(52)35(51)29(30)45-58-43(22-16-14-21(15-17-22)19-8-3-1-4-9-19)57-44(59-45)24-13-7-12-23(18-24)20-10-5-2-6-11-20/h1-18H. The zero-order valence-corrected chi connectivity index (χ0v) is 32.8. The smallest absolute Gasteiger partial charge is 0.164 e. The van der Waals surface area contributed by atoms with Gasteiger partial charge in [0, 0.05) is 26.1 Å². The molecule has 15 heteroatoms. The van der Waals surface area contributed by atoms with E-state index < -0.39 is 0 Å². The Morgan fingerprint density at radius 3 is 1.33 bits per heavy atom. The van der Waals surface area contributed by atoms with Gasteiger partial charge in [-0.05, 0) is 50.2 Å². The molecule has 0 saturated heterocycles. The predicted octanol–water partition coefficient (Wildman–Crippen LogP) is -1.03. The fourth-order valence-electron chi connectivity index (χ4n) is 7.64. The highest BCUT2D eigenvalue weighted by Gasteiger charge is 2.26. The van der Waals surface area contributed by atoms with Gasteiger partial charge >= 0.3 is 0 Å². The average molecular weight is 752 g/mol. The maximum atomic E-state index is 7.20. The molecule has 0 bridgehead atoms. The minimum absolute atomic E-state index is 0.0209. The van der Waals surface area contributed by atoms with E-state index in [1.807, 2.05) is 109 Å². The lowest BCUT2D eigenvalue weighted by Crippen LogP contribution is -2.48.